The number of aryl methyl sites for hydroxylation is 2. The number of nitrogens with two attached hydrogens (primary N) is 1. The average Bonchev–Trinajstić information content (AvgIpc) is 2.81. The Morgan fingerprint density at radius 1 is 1.16 bits per heavy atom. The van der Waals surface area contributed by atoms with Gasteiger partial charge in [0.15, 0.2) is 0 Å². The van der Waals surface area contributed by atoms with Gasteiger partial charge < -0.3 is 10.2 Å². The Bertz CT molecular complexity index is 730. The summed E-state index contributed by atoms with van der Waals surface area (Å²) < 4.78 is 5.83. The maximum atomic E-state index is 6.26. The molecule has 0 aliphatic carbocycles. The van der Waals surface area contributed by atoms with Crippen molar-refractivity contribution in [3.63, 3.8) is 0 Å². The summed E-state index contributed by atoms with van der Waals surface area (Å²) in [5.74, 6) is 0.752. The zero-order valence-electron chi connectivity index (χ0n) is 11.1. The first kappa shape index (κ1) is 11.9. The topological polar surface area (TPSA) is 52.0 Å². The van der Waals surface area contributed by atoms with Crippen LogP contribution < -0.4 is 5.73 Å². The van der Waals surface area contributed by atoms with Crippen LogP contribution in [0.2, 0.25) is 0 Å². The fourth-order valence-corrected chi connectivity index (χ4v) is 2.29. The van der Waals surface area contributed by atoms with Crippen molar-refractivity contribution in [3.05, 3.63) is 65.2 Å². The highest BCUT2D eigenvalue weighted by Crippen LogP contribution is 2.27. The standard InChI is InChI=1S/C16H16N2O/c1-10-5-6-13-12(8-10)9-14(19-13)15(17)16-11(2)4-3-7-18-16/h3-9,15H,17H2,1-2H3. The largest absolute Gasteiger partial charge is 0.459 e. The van der Waals surface area contributed by atoms with Gasteiger partial charge in [-0.05, 0) is 43.7 Å². The molecule has 0 fully saturated rings. The fourth-order valence-electron chi connectivity index (χ4n) is 2.29. The van der Waals surface area contributed by atoms with Gasteiger partial charge in [-0.2, -0.15) is 0 Å². The van der Waals surface area contributed by atoms with Crippen molar-refractivity contribution in [2.24, 2.45) is 5.73 Å². The van der Waals surface area contributed by atoms with Crippen LogP contribution in [0.4, 0.5) is 0 Å². The van der Waals surface area contributed by atoms with Crippen LogP contribution in [0.5, 0.6) is 0 Å². The highest BCUT2D eigenvalue weighted by molar-refractivity contribution is 5.78. The van der Waals surface area contributed by atoms with Crippen LogP contribution in [-0.2, 0) is 0 Å². The number of rotatable bonds is 2. The molecule has 0 aliphatic heterocycles. The third-order valence-electron chi connectivity index (χ3n) is 3.34. The summed E-state index contributed by atoms with van der Waals surface area (Å²) in [6, 6.07) is 11.7. The summed E-state index contributed by atoms with van der Waals surface area (Å²) in [7, 11) is 0. The lowest BCUT2D eigenvalue weighted by atomic mass is 10.1. The number of fused-ring (bicyclic) bond motifs is 1. The minimum Gasteiger partial charge on any atom is -0.459 e. The number of furan rings is 1. The Morgan fingerprint density at radius 2 is 2.00 bits per heavy atom. The van der Waals surface area contributed by atoms with Crippen LogP contribution >= 0.6 is 0 Å². The van der Waals surface area contributed by atoms with Gasteiger partial charge >= 0.3 is 0 Å². The van der Waals surface area contributed by atoms with E-state index in [1.165, 1.54) is 5.56 Å². The zero-order valence-corrected chi connectivity index (χ0v) is 11.1. The molecule has 2 heterocycles. The molecule has 1 aromatic carbocycles. The molecule has 0 saturated heterocycles. The van der Waals surface area contributed by atoms with Gasteiger partial charge in [-0.25, -0.2) is 0 Å². The molecular weight excluding hydrogens is 236 g/mol. The van der Waals surface area contributed by atoms with Crippen LogP contribution in [0.1, 0.15) is 28.6 Å². The SMILES string of the molecule is Cc1ccc2oc(C(N)c3ncccc3C)cc2c1. The summed E-state index contributed by atoms with van der Waals surface area (Å²) in [5.41, 5.74) is 10.3. The van der Waals surface area contributed by atoms with Gasteiger partial charge in [0.05, 0.1) is 5.69 Å². The lowest BCUT2D eigenvalue weighted by Gasteiger charge is -2.10. The molecule has 3 rings (SSSR count). The smallest absolute Gasteiger partial charge is 0.134 e. The predicted molar refractivity (Wildman–Crippen MR) is 76.0 cm³/mol. The van der Waals surface area contributed by atoms with E-state index in [2.05, 4.69) is 18.0 Å². The van der Waals surface area contributed by atoms with Gasteiger partial charge in [0.2, 0.25) is 0 Å². The first-order chi connectivity index (χ1) is 9.15. The number of aromatic nitrogens is 1. The first-order valence-electron chi connectivity index (χ1n) is 6.32. The van der Waals surface area contributed by atoms with Crippen LogP contribution in [0.15, 0.2) is 47.0 Å². The van der Waals surface area contributed by atoms with Crippen LogP contribution in [0.25, 0.3) is 11.0 Å². The first-order valence-corrected chi connectivity index (χ1v) is 6.32. The minimum atomic E-state index is -0.325. The summed E-state index contributed by atoms with van der Waals surface area (Å²) in [6.45, 7) is 4.07. The molecule has 0 saturated carbocycles. The molecular formula is C16H16N2O. The zero-order chi connectivity index (χ0) is 13.4. The molecule has 2 aromatic heterocycles. The summed E-state index contributed by atoms with van der Waals surface area (Å²) in [4.78, 5) is 4.36. The lowest BCUT2D eigenvalue weighted by molar-refractivity contribution is 0.519. The molecule has 2 N–H and O–H groups in total. The molecule has 1 unspecified atom stereocenters. The van der Waals surface area contributed by atoms with E-state index in [1.807, 2.05) is 37.3 Å². The molecule has 3 aromatic rings. The Kier molecular flexibility index (Phi) is 2.84. The molecule has 0 aliphatic rings. The number of nitrogens with zero attached hydrogens (tertiary/aromatic N) is 1. The van der Waals surface area contributed by atoms with Gasteiger partial charge in [-0.15, -0.1) is 0 Å². The number of benzene rings is 1. The van der Waals surface area contributed by atoms with Crippen molar-refractivity contribution < 1.29 is 4.42 Å². The molecule has 1 atom stereocenters. The second kappa shape index (κ2) is 4.52. The third-order valence-corrected chi connectivity index (χ3v) is 3.34. The average molecular weight is 252 g/mol. The molecule has 0 bridgehead atoms. The van der Waals surface area contributed by atoms with Gasteiger partial charge in [0.1, 0.15) is 17.4 Å². The molecule has 96 valence electrons. The van der Waals surface area contributed by atoms with E-state index in [9.17, 15) is 0 Å². The van der Waals surface area contributed by atoms with Crippen LogP contribution in [0, 0.1) is 13.8 Å². The molecule has 0 amide bonds. The van der Waals surface area contributed by atoms with Gasteiger partial charge in [0.25, 0.3) is 0 Å². The van der Waals surface area contributed by atoms with Crippen molar-refractivity contribution in [1.29, 1.82) is 0 Å². The van der Waals surface area contributed by atoms with Gasteiger partial charge in [-0.1, -0.05) is 17.7 Å². The second-order valence-corrected chi connectivity index (χ2v) is 4.87. The van der Waals surface area contributed by atoms with E-state index in [0.29, 0.717) is 0 Å². The highest BCUT2D eigenvalue weighted by Gasteiger charge is 2.17. The van der Waals surface area contributed by atoms with Crippen molar-refractivity contribution in [2.45, 2.75) is 19.9 Å². The molecule has 3 heteroatoms. The second-order valence-electron chi connectivity index (χ2n) is 4.87. The third kappa shape index (κ3) is 2.13. The Morgan fingerprint density at radius 3 is 2.79 bits per heavy atom. The summed E-state index contributed by atoms with van der Waals surface area (Å²) in [6.07, 6.45) is 1.76. The number of pyridine rings is 1. The van der Waals surface area contributed by atoms with E-state index in [1.54, 1.807) is 6.20 Å². The van der Waals surface area contributed by atoms with Crippen molar-refractivity contribution in [2.75, 3.05) is 0 Å². The fraction of sp³-hybridized carbons (Fsp3) is 0.188. The lowest BCUT2D eigenvalue weighted by Crippen LogP contribution is -2.14. The number of hydrogen-bond donors (Lipinski definition) is 1. The summed E-state index contributed by atoms with van der Waals surface area (Å²) >= 11 is 0. The maximum Gasteiger partial charge on any atom is 0.134 e. The van der Waals surface area contributed by atoms with Crippen molar-refractivity contribution >= 4 is 11.0 Å². The maximum absolute atomic E-state index is 6.26. The van der Waals surface area contributed by atoms with E-state index in [0.717, 1.165) is 28.0 Å². The van der Waals surface area contributed by atoms with E-state index < -0.39 is 0 Å². The molecule has 0 spiro atoms. The minimum absolute atomic E-state index is 0.325. The Labute approximate surface area is 112 Å². The number of hydrogen-bond acceptors (Lipinski definition) is 3. The molecule has 19 heavy (non-hydrogen) atoms. The van der Waals surface area contributed by atoms with Crippen molar-refractivity contribution in [1.82, 2.24) is 4.98 Å². The highest BCUT2D eigenvalue weighted by atomic mass is 16.3. The molecule has 0 radical (unpaired) electrons. The Hall–Kier alpha value is -2.13. The van der Waals surface area contributed by atoms with Gasteiger partial charge in [0, 0.05) is 11.6 Å². The van der Waals surface area contributed by atoms with Crippen LogP contribution in [-0.4, -0.2) is 4.98 Å². The van der Waals surface area contributed by atoms with E-state index >= 15 is 0 Å². The van der Waals surface area contributed by atoms with Gasteiger partial charge in [-0.3, -0.25) is 4.98 Å². The molecule has 3 nitrogen and oxygen atoms in total. The Balaban J connectivity index is 2.07. The van der Waals surface area contributed by atoms with Crippen LogP contribution in [0.3, 0.4) is 0 Å². The predicted octanol–water partition coefficient (Wildman–Crippen LogP) is 3.49. The monoisotopic (exact) mass is 252 g/mol. The van der Waals surface area contributed by atoms with E-state index in [-0.39, 0.29) is 6.04 Å². The normalized spacial score (nSPS) is 12.8. The van der Waals surface area contributed by atoms with Crippen molar-refractivity contribution in [3.8, 4) is 0 Å². The quantitative estimate of drug-likeness (QED) is 0.759. The summed E-state index contributed by atoms with van der Waals surface area (Å²) in [5, 5.41) is 1.08. The van der Waals surface area contributed by atoms with E-state index in [4.69, 9.17) is 10.2 Å².